The lowest BCUT2D eigenvalue weighted by Gasteiger charge is -2.23. The van der Waals surface area contributed by atoms with Gasteiger partial charge < -0.3 is 15.5 Å². The molecule has 0 saturated heterocycles. The topological polar surface area (TPSA) is 66.6 Å². The molecule has 0 aliphatic heterocycles. The van der Waals surface area contributed by atoms with Crippen LogP contribution >= 0.6 is 12.2 Å². The molecule has 0 unspecified atom stereocenters. The SMILES string of the molecule is CCCN(CC(=O)N(C)C)C(=O)c1cccc(C(N)=S)c1. The lowest BCUT2D eigenvalue weighted by molar-refractivity contribution is -0.129. The molecule has 1 aromatic rings. The van der Waals surface area contributed by atoms with E-state index in [1.54, 1.807) is 43.3 Å². The minimum absolute atomic E-state index is 0.0664. The maximum Gasteiger partial charge on any atom is 0.254 e. The van der Waals surface area contributed by atoms with E-state index in [2.05, 4.69) is 0 Å². The first-order valence-corrected chi connectivity index (χ1v) is 7.17. The minimum atomic E-state index is -0.190. The second-order valence-corrected chi connectivity index (χ2v) is 5.40. The Labute approximate surface area is 130 Å². The van der Waals surface area contributed by atoms with Crippen LogP contribution in [0.2, 0.25) is 0 Å². The Hall–Kier alpha value is -1.95. The largest absolute Gasteiger partial charge is 0.389 e. The van der Waals surface area contributed by atoms with Crippen LogP contribution in [0, 0.1) is 0 Å². The van der Waals surface area contributed by atoms with E-state index in [0.29, 0.717) is 17.7 Å². The Morgan fingerprint density at radius 3 is 2.38 bits per heavy atom. The Balaban J connectivity index is 2.97. The smallest absolute Gasteiger partial charge is 0.254 e. The molecule has 0 fully saturated rings. The van der Waals surface area contributed by atoms with Gasteiger partial charge in [0.15, 0.2) is 0 Å². The molecule has 0 atom stereocenters. The van der Waals surface area contributed by atoms with Gasteiger partial charge in [-0.25, -0.2) is 0 Å². The van der Waals surface area contributed by atoms with E-state index < -0.39 is 0 Å². The van der Waals surface area contributed by atoms with E-state index in [0.717, 1.165) is 6.42 Å². The Bertz CT molecular complexity index is 543. The van der Waals surface area contributed by atoms with Crippen LogP contribution in [0.1, 0.15) is 29.3 Å². The normalized spacial score (nSPS) is 10.0. The van der Waals surface area contributed by atoms with E-state index in [1.165, 1.54) is 4.90 Å². The first kappa shape index (κ1) is 17.1. The molecule has 0 heterocycles. The van der Waals surface area contributed by atoms with Crippen molar-refractivity contribution in [1.82, 2.24) is 9.80 Å². The summed E-state index contributed by atoms with van der Waals surface area (Å²) in [6, 6.07) is 6.86. The van der Waals surface area contributed by atoms with Crippen LogP contribution in [0.15, 0.2) is 24.3 Å². The summed E-state index contributed by atoms with van der Waals surface area (Å²) < 4.78 is 0. The maximum atomic E-state index is 12.5. The summed E-state index contributed by atoms with van der Waals surface area (Å²) in [5.41, 5.74) is 6.71. The predicted octanol–water partition coefficient (Wildman–Crippen LogP) is 1.26. The summed E-state index contributed by atoms with van der Waals surface area (Å²) in [6.45, 7) is 2.55. The number of rotatable bonds is 6. The molecule has 1 rings (SSSR count). The van der Waals surface area contributed by atoms with E-state index in [-0.39, 0.29) is 23.3 Å². The van der Waals surface area contributed by atoms with Crippen molar-refractivity contribution >= 4 is 29.0 Å². The molecule has 0 aromatic heterocycles. The zero-order chi connectivity index (χ0) is 16.0. The number of nitrogens with two attached hydrogens (primary N) is 1. The average Bonchev–Trinajstić information content (AvgIpc) is 2.45. The lowest BCUT2D eigenvalue weighted by atomic mass is 10.1. The standard InChI is InChI=1S/C15H21N3O2S/c1-4-8-18(10-13(19)17(2)3)15(20)12-7-5-6-11(9-12)14(16)21/h5-7,9H,4,8,10H2,1-3H3,(H2,16,21). The number of nitrogens with zero attached hydrogens (tertiary/aromatic N) is 2. The van der Waals surface area contributed by atoms with Crippen LogP contribution in [0.25, 0.3) is 0 Å². The second-order valence-electron chi connectivity index (χ2n) is 4.96. The number of likely N-dealkylation sites (N-methyl/N-ethyl adjacent to an activating group) is 1. The summed E-state index contributed by atoms with van der Waals surface area (Å²) >= 11 is 4.92. The Morgan fingerprint density at radius 2 is 1.86 bits per heavy atom. The number of benzene rings is 1. The third-order valence-corrected chi connectivity index (χ3v) is 3.24. The third kappa shape index (κ3) is 4.82. The van der Waals surface area contributed by atoms with Crippen molar-refractivity contribution in [2.45, 2.75) is 13.3 Å². The molecule has 114 valence electrons. The number of carbonyl (C=O) groups excluding carboxylic acids is 2. The van der Waals surface area contributed by atoms with Crippen LogP contribution in [0.3, 0.4) is 0 Å². The number of carbonyl (C=O) groups is 2. The van der Waals surface area contributed by atoms with Crippen molar-refractivity contribution in [2.24, 2.45) is 5.73 Å². The molecule has 0 bridgehead atoms. The van der Waals surface area contributed by atoms with Gasteiger partial charge in [0.2, 0.25) is 5.91 Å². The van der Waals surface area contributed by atoms with Crippen molar-refractivity contribution < 1.29 is 9.59 Å². The number of thiocarbonyl (C=S) groups is 1. The highest BCUT2D eigenvalue weighted by Crippen LogP contribution is 2.09. The number of hydrogen-bond acceptors (Lipinski definition) is 3. The van der Waals surface area contributed by atoms with Gasteiger partial charge in [-0.05, 0) is 18.6 Å². The van der Waals surface area contributed by atoms with Gasteiger partial charge in [0.1, 0.15) is 11.5 Å². The van der Waals surface area contributed by atoms with Crippen LogP contribution in [-0.2, 0) is 4.79 Å². The van der Waals surface area contributed by atoms with Crippen molar-refractivity contribution in [3.8, 4) is 0 Å². The fourth-order valence-corrected chi connectivity index (χ4v) is 1.94. The second kappa shape index (κ2) is 7.73. The van der Waals surface area contributed by atoms with Crippen LogP contribution in [0.4, 0.5) is 0 Å². The van der Waals surface area contributed by atoms with Gasteiger partial charge in [-0.3, -0.25) is 9.59 Å². The monoisotopic (exact) mass is 307 g/mol. The zero-order valence-corrected chi connectivity index (χ0v) is 13.4. The summed E-state index contributed by atoms with van der Waals surface area (Å²) in [7, 11) is 3.34. The van der Waals surface area contributed by atoms with E-state index in [9.17, 15) is 9.59 Å². The highest BCUT2D eigenvalue weighted by molar-refractivity contribution is 7.80. The molecule has 2 amide bonds. The van der Waals surface area contributed by atoms with Gasteiger partial charge in [-0.15, -0.1) is 0 Å². The van der Waals surface area contributed by atoms with Crippen molar-refractivity contribution in [1.29, 1.82) is 0 Å². The summed E-state index contributed by atoms with van der Waals surface area (Å²) in [6.07, 6.45) is 0.779. The fourth-order valence-electron chi connectivity index (χ4n) is 1.82. The van der Waals surface area contributed by atoms with Gasteiger partial charge in [0, 0.05) is 31.8 Å². The van der Waals surface area contributed by atoms with Crippen LogP contribution in [-0.4, -0.2) is 53.8 Å². The zero-order valence-electron chi connectivity index (χ0n) is 12.6. The number of hydrogen-bond donors (Lipinski definition) is 1. The minimum Gasteiger partial charge on any atom is -0.389 e. The summed E-state index contributed by atoms with van der Waals surface area (Å²) in [5.74, 6) is -0.299. The van der Waals surface area contributed by atoms with E-state index in [4.69, 9.17) is 18.0 Å². The summed E-state index contributed by atoms with van der Waals surface area (Å²) in [4.78, 5) is 27.6. The first-order valence-electron chi connectivity index (χ1n) is 6.76. The van der Waals surface area contributed by atoms with Crippen molar-refractivity contribution in [3.63, 3.8) is 0 Å². The molecule has 0 aliphatic rings. The average molecular weight is 307 g/mol. The van der Waals surface area contributed by atoms with Gasteiger partial charge in [-0.2, -0.15) is 0 Å². The Kier molecular flexibility index (Phi) is 6.30. The van der Waals surface area contributed by atoms with Gasteiger partial charge in [0.25, 0.3) is 5.91 Å². The molecular weight excluding hydrogens is 286 g/mol. The van der Waals surface area contributed by atoms with Crippen LogP contribution < -0.4 is 5.73 Å². The van der Waals surface area contributed by atoms with Gasteiger partial charge in [-0.1, -0.05) is 31.3 Å². The molecule has 2 N–H and O–H groups in total. The van der Waals surface area contributed by atoms with Gasteiger partial charge >= 0.3 is 0 Å². The fraction of sp³-hybridized carbons (Fsp3) is 0.400. The molecule has 0 radical (unpaired) electrons. The number of amides is 2. The van der Waals surface area contributed by atoms with Crippen molar-refractivity contribution in [3.05, 3.63) is 35.4 Å². The van der Waals surface area contributed by atoms with E-state index in [1.807, 2.05) is 6.92 Å². The van der Waals surface area contributed by atoms with E-state index >= 15 is 0 Å². The third-order valence-electron chi connectivity index (χ3n) is 3.00. The quantitative estimate of drug-likeness (QED) is 0.804. The molecular formula is C15H21N3O2S. The Morgan fingerprint density at radius 1 is 1.24 bits per heavy atom. The summed E-state index contributed by atoms with van der Waals surface area (Å²) in [5, 5.41) is 0. The highest BCUT2D eigenvalue weighted by Gasteiger charge is 2.19. The molecule has 0 aliphatic carbocycles. The molecule has 1 aromatic carbocycles. The van der Waals surface area contributed by atoms with Gasteiger partial charge in [0.05, 0.1) is 0 Å². The molecule has 0 spiro atoms. The first-order chi connectivity index (χ1) is 9.86. The molecule has 21 heavy (non-hydrogen) atoms. The predicted molar refractivity (Wildman–Crippen MR) is 87.2 cm³/mol. The molecule has 6 heteroatoms. The van der Waals surface area contributed by atoms with Crippen molar-refractivity contribution in [2.75, 3.05) is 27.2 Å². The maximum absolute atomic E-state index is 12.5. The molecule has 0 saturated carbocycles. The molecule has 5 nitrogen and oxygen atoms in total. The van der Waals surface area contributed by atoms with Crippen LogP contribution in [0.5, 0.6) is 0 Å². The lowest BCUT2D eigenvalue weighted by Crippen LogP contribution is -2.40. The highest BCUT2D eigenvalue weighted by atomic mass is 32.1.